The Morgan fingerprint density at radius 2 is 2.12 bits per heavy atom. The number of fused-ring (bicyclic) bond motifs is 3. The van der Waals surface area contributed by atoms with Crippen LogP contribution in [0.2, 0.25) is 0 Å². The minimum atomic E-state index is 0.0868. The summed E-state index contributed by atoms with van der Waals surface area (Å²) >= 11 is 5.07. The third kappa shape index (κ3) is 2.58. The Bertz CT molecular complexity index is 843. The molecule has 1 amide bonds. The van der Waals surface area contributed by atoms with Crippen LogP contribution in [0.5, 0.6) is 0 Å². The molecule has 0 N–H and O–H groups in total. The molecule has 0 fully saturated rings. The van der Waals surface area contributed by atoms with Gasteiger partial charge in [0.05, 0.1) is 0 Å². The molecular weight excluding hydrogens is 563 g/mol. The van der Waals surface area contributed by atoms with Gasteiger partial charge in [0, 0.05) is 0 Å². The third-order valence-corrected chi connectivity index (χ3v) is 6.87. The van der Waals surface area contributed by atoms with Gasteiger partial charge in [0.2, 0.25) is 0 Å². The number of aromatic nitrogens is 2. The first kappa shape index (κ1) is 16.7. The average molecular weight is 582 g/mol. The Morgan fingerprint density at radius 1 is 1.33 bits per heavy atom. The Balaban J connectivity index is 1.73. The van der Waals surface area contributed by atoms with E-state index in [-0.39, 0.29) is 5.91 Å². The molecule has 0 aromatic carbocycles. The molecule has 2 aromatic rings. The van der Waals surface area contributed by atoms with E-state index in [1.54, 1.807) is 6.20 Å². The van der Waals surface area contributed by atoms with Gasteiger partial charge >= 0.3 is 167 Å². The van der Waals surface area contributed by atoms with Gasteiger partial charge in [-0.15, -0.1) is 0 Å². The number of amides is 1. The molecule has 0 saturated heterocycles. The first-order valence-corrected chi connectivity index (χ1v) is 11.2. The van der Waals surface area contributed by atoms with Gasteiger partial charge in [0.15, 0.2) is 0 Å². The SMILES string of the molecule is CC1(C)Cc2cc3n(c2C1)CCN(c1nccc(Br)c1[CH2][Po])C3=O. The molecule has 0 spiro atoms. The van der Waals surface area contributed by atoms with Gasteiger partial charge < -0.3 is 0 Å². The van der Waals surface area contributed by atoms with Crippen LogP contribution in [0.4, 0.5) is 5.82 Å². The van der Waals surface area contributed by atoms with Crippen molar-refractivity contribution in [1.82, 2.24) is 9.55 Å². The number of nitrogens with zero attached hydrogens (tertiary/aromatic N) is 3. The van der Waals surface area contributed by atoms with Gasteiger partial charge in [-0.25, -0.2) is 0 Å². The number of halogens is 1. The van der Waals surface area contributed by atoms with E-state index in [0.717, 1.165) is 45.0 Å². The first-order valence-electron chi connectivity index (χ1n) is 8.16. The summed E-state index contributed by atoms with van der Waals surface area (Å²) in [5.74, 6) is 0.904. The molecule has 3 heterocycles. The monoisotopic (exact) mass is 581 g/mol. The summed E-state index contributed by atoms with van der Waals surface area (Å²) in [7, 11) is 0. The molecule has 1 aliphatic carbocycles. The van der Waals surface area contributed by atoms with Gasteiger partial charge in [-0.3, -0.25) is 0 Å². The fourth-order valence-corrected chi connectivity index (χ4v) is 6.28. The molecule has 4 rings (SSSR count). The van der Waals surface area contributed by atoms with Gasteiger partial charge in [0.25, 0.3) is 0 Å². The van der Waals surface area contributed by atoms with Crippen molar-refractivity contribution in [2.75, 3.05) is 11.4 Å². The molecule has 1 aliphatic heterocycles. The number of carbonyl (C=O) groups is 1. The van der Waals surface area contributed by atoms with E-state index in [9.17, 15) is 4.79 Å². The molecule has 4 nitrogen and oxygen atoms in total. The summed E-state index contributed by atoms with van der Waals surface area (Å²) in [4.78, 5) is 19.5. The maximum absolute atomic E-state index is 13.1. The van der Waals surface area contributed by atoms with Crippen LogP contribution in [-0.4, -0.2) is 47.1 Å². The van der Waals surface area contributed by atoms with Gasteiger partial charge in [-0.2, -0.15) is 0 Å². The molecule has 0 unspecified atom stereocenters. The molecule has 1 radical (unpaired) electrons. The van der Waals surface area contributed by atoms with Crippen molar-refractivity contribution in [3.05, 3.63) is 45.3 Å². The van der Waals surface area contributed by atoms with Crippen LogP contribution >= 0.6 is 15.9 Å². The summed E-state index contributed by atoms with van der Waals surface area (Å²) in [6.45, 7) is 6.16. The summed E-state index contributed by atoms with van der Waals surface area (Å²) < 4.78 is 4.22. The van der Waals surface area contributed by atoms with E-state index in [0.29, 0.717) is 12.0 Å². The van der Waals surface area contributed by atoms with E-state index in [1.165, 1.54) is 36.3 Å². The van der Waals surface area contributed by atoms with Crippen LogP contribution < -0.4 is 4.90 Å². The first-order chi connectivity index (χ1) is 11.4. The quantitative estimate of drug-likeness (QED) is 0.547. The predicted molar refractivity (Wildman–Crippen MR) is 98.7 cm³/mol. The standard InChI is InChI=1S/C18H19BrN3O.Po/c1-11-13(19)4-5-20-16(11)22-7-6-21-14(17(22)23)8-12-9-18(2,3)10-15(12)21;/h4-5,8H,1,6-7,9-10H2,2-3H3;. The fraction of sp³-hybridized carbons (Fsp3) is 0.444. The van der Waals surface area contributed by atoms with Crippen LogP contribution in [0, 0.1) is 5.41 Å². The molecule has 0 bridgehead atoms. The van der Waals surface area contributed by atoms with Crippen molar-refractivity contribution >= 4 is 52.7 Å². The second kappa shape index (κ2) is 5.92. The molecule has 125 valence electrons. The molecule has 0 saturated carbocycles. The van der Waals surface area contributed by atoms with Crippen LogP contribution in [0.25, 0.3) is 0 Å². The van der Waals surface area contributed by atoms with Crippen LogP contribution in [-0.2, 0) is 23.5 Å². The van der Waals surface area contributed by atoms with Crippen molar-refractivity contribution in [3.63, 3.8) is 0 Å². The molecule has 0 atom stereocenters. The Hall–Kier alpha value is -0.724. The fourth-order valence-electron chi connectivity index (χ4n) is 3.94. The molecule has 2 aromatic heterocycles. The summed E-state index contributed by atoms with van der Waals surface area (Å²) in [6, 6.07) is 4.07. The predicted octanol–water partition coefficient (Wildman–Crippen LogP) is 3.10. The van der Waals surface area contributed by atoms with E-state index in [1.807, 2.05) is 11.0 Å². The van der Waals surface area contributed by atoms with Crippen molar-refractivity contribution in [2.24, 2.45) is 5.41 Å². The number of pyridine rings is 1. The number of carbonyl (C=O) groups excluding carboxylic acids is 1. The molecular formula is C18H19BrN3OPo. The van der Waals surface area contributed by atoms with E-state index in [4.69, 9.17) is 0 Å². The number of rotatable bonds is 2. The van der Waals surface area contributed by atoms with Crippen molar-refractivity contribution < 1.29 is 4.79 Å². The van der Waals surface area contributed by atoms with Crippen molar-refractivity contribution in [2.45, 2.75) is 37.3 Å². The maximum atomic E-state index is 13.1. The average Bonchev–Trinajstić information content (AvgIpc) is 3.00. The molecule has 6 heteroatoms. The van der Waals surface area contributed by atoms with E-state index < -0.39 is 0 Å². The van der Waals surface area contributed by atoms with Crippen molar-refractivity contribution in [1.29, 1.82) is 0 Å². The van der Waals surface area contributed by atoms with Gasteiger partial charge in [0.1, 0.15) is 0 Å². The van der Waals surface area contributed by atoms with Crippen LogP contribution in [0.1, 0.15) is 41.2 Å². The van der Waals surface area contributed by atoms with Crippen LogP contribution in [0.3, 0.4) is 0 Å². The minimum absolute atomic E-state index is 0.0868. The number of hydrogen-bond acceptors (Lipinski definition) is 2. The van der Waals surface area contributed by atoms with Crippen LogP contribution in [0.15, 0.2) is 22.8 Å². The normalized spacial score (nSPS) is 18.7. The second-order valence-corrected chi connectivity index (χ2v) is 9.34. The zero-order chi connectivity index (χ0) is 17.1. The topological polar surface area (TPSA) is 38.1 Å². The van der Waals surface area contributed by atoms with Crippen molar-refractivity contribution in [3.8, 4) is 0 Å². The number of anilines is 1. The second-order valence-electron chi connectivity index (χ2n) is 7.37. The Morgan fingerprint density at radius 3 is 2.88 bits per heavy atom. The molecule has 2 aliphatic rings. The van der Waals surface area contributed by atoms with E-state index >= 15 is 0 Å². The zero-order valence-corrected chi connectivity index (χ0v) is 18.6. The number of hydrogen-bond donors (Lipinski definition) is 0. The Labute approximate surface area is 165 Å². The summed E-state index contributed by atoms with van der Waals surface area (Å²) in [6.07, 6.45) is 3.90. The zero-order valence-electron chi connectivity index (χ0n) is 13.8. The van der Waals surface area contributed by atoms with E-state index in [2.05, 4.69) is 45.4 Å². The van der Waals surface area contributed by atoms with Gasteiger partial charge in [-0.1, -0.05) is 0 Å². The Kier molecular flexibility index (Phi) is 4.13. The summed E-state index contributed by atoms with van der Waals surface area (Å²) in [5.41, 5.74) is 5.00. The molecule has 24 heavy (non-hydrogen) atoms. The summed E-state index contributed by atoms with van der Waals surface area (Å²) in [5, 5.41) is 0. The van der Waals surface area contributed by atoms with Gasteiger partial charge in [-0.05, 0) is 0 Å². The third-order valence-electron chi connectivity index (χ3n) is 5.00.